The van der Waals surface area contributed by atoms with E-state index in [1.165, 1.54) is 11.3 Å². The van der Waals surface area contributed by atoms with Gasteiger partial charge in [0.15, 0.2) is 5.13 Å². The zero-order valence-electron chi connectivity index (χ0n) is 13.6. The molecule has 136 valence electrons. The molecule has 0 aromatic carbocycles. The molecule has 0 fully saturated rings. The summed E-state index contributed by atoms with van der Waals surface area (Å²) in [6.07, 6.45) is -4.11. The number of alkyl halides is 3. The molecular formula is C15H15ClF3N3O2S. The number of rotatable bonds is 3. The Labute approximate surface area is 150 Å². The molecule has 0 atom stereocenters. The molecule has 2 rings (SSSR count). The molecule has 2 aromatic rings. The highest BCUT2D eigenvalue weighted by Gasteiger charge is 2.32. The molecule has 0 aliphatic rings. The minimum absolute atomic E-state index is 0.203. The van der Waals surface area contributed by atoms with Crippen molar-refractivity contribution in [2.75, 3.05) is 5.32 Å². The summed E-state index contributed by atoms with van der Waals surface area (Å²) < 4.78 is 39.0. The zero-order chi connectivity index (χ0) is 19.0. The maximum absolute atomic E-state index is 12.8. The number of pyridine rings is 1. The van der Waals surface area contributed by atoms with Gasteiger partial charge in [-0.2, -0.15) is 13.2 Å². The van der Waals surface area contributed by atoms with E-state index in [1.54, 1.807) is 5.38 Å². The molecule has 0 radical (unpaired) electrons. The van der Waals surface area contributed by atoms with Crippen LogP contribution in [0.25, 0.3) is 0 Å². The number of carbonyl (C=O) groups excluding carboxylic acids is 1. The second kappa shape index (κ2) is 6.80. The van der Waals surface area contributed by atoms with Gasteiger partial charge in [0.1, 0.15) is 11.6 Å². The van der Waals surface area contributed by atoms with Crippen LogP contribution in [0.2, 0.25) is 5.02 Å². The fourth-order valence-corrected chi connectivity index (χ4v) is 3.04. The number of thiazole rings is 1. The van der Waals surface area contributed by atoms with Gasteiger partial charge in [0.25, 0.3) is 5.56 Å². The molecule has 0 aliphatic heterocycles. The lowest BCUT2D eigenvalue weighted by Crippen LogP contribution is -2.29. The Morgan fingerprint density at radius 2 is 2.00 bits per heavy atom. The monoisotopic (exact) mass is 393 g/mol. The van der Waals surface area contributed by atoms with Crippen LogP contribution in [0.3, 0.4) is 0 Å². The summed E-state index contributed by atoms with van der Waals surface area (Å²) in [6, 6.07) is 0.536. The van der Waals surface area contributed by atoms with Crippen molar-refractivity contribution in [2.24, 2.45) is 0 Å². The summed E-state index contributed by atoms with van der Waals surface area (Å²) in [4.78, 5) is 28.1. The van der Waals surface area contributed by atoms with Crippen molar-refractivity contribution < 1.29 is 18.0 Å². The molecular weight excluding hydrogens is 379 g/mol. The smallest absolute Gasteiger partial charge is 0.304 e. The first-order valence-electron chi connectivity index (χ1n) is 7.11. The van der Waals surface area contributed by atoms with Crippen molar-refractivity contribution in [2.45, 2.75) is 38.9 Å². The minimum atomic E-state index is -4.67. The van der Waals surface area contributed by atoms with Crippen LogP contribution in [0.1, 0.15) is 32.0 Å². The highest BCUT2D eigenvalue weighted by atomic mass is 35.5. The lowest BCUT2D eigenvalue weighted by atomic mass is 9.93. The van der Waals surface area contributed by atoms with Crippen LogP contribution in [0.15, 0.2) is 22.4 Å². The average molecular weight is 394 g/mol. The maximum Gasteiger partial charge on any atom is 0.417 e. The summed E-state index contributed by atoms with van der Waals surface area (Å²) in [6.45, 7) is 5.26. The van der Waals surface area contributed by atoms with Gasteiger partial charge in [-0.25, -0.2) is 4.98 Å². The Kier molecular flexibility index (Phi) is 5.29. The third-order valence-electron chi connectivity index (χ3n) is 3.20. The van der Waals surface area contributed by atoms with Crippen LogP contribution >= 0.6 is 22.9 Å². The largest absolute Gasteiger partial charge is 0.417 e. The van der Waals surface area contributed by atoms with Crippen molar-refractivity contribution in [3.63, 3.8) is 0 Å². The van der Waals surface area contributed by atoms with E-state index in [0.29, 0.717) is 22.0 Å². The first-order chi connectivity index (χ1) is 11.4. The molecule has 0 bridgehead atoms. The lowest BCUT2D eigenvalue weighted by Gasteiger charge is -2.14. The molecule has 5 nitrogen and oxygen atoms in total. The lowest BCUT2D eigenvalue weighted by molar-refractivity contribution is -0.138. The van der Waals surface area contributed by atoms with Gasteiger partial charge < -0.3 is 9.88 Å². The van der Waals surface area contributed by atoms with Crippen LogP contribution in [-0.2, 0) is 22.9 Å². The van der Waals surface area contributed by atoms with Gasteiger partial charge in [0, 0.05) is 17.0 Å². The molecule has 2 aromatic heterocycles. The van der Waals surface area contributed by atoms with Gasteiger partial charge in [-0.1, -0.05) is 32.4 Å². The van der Waals surface area contributed by atoms with Crippen molar-refractivity contribution in [1.82, 2.24) is 9.55 Å². The predicted molar refractivity (Wildman–Crippen MR) is 90.2 cm³/mol. The summed E-state index contributed by atoms with van der Waals surface area (Å²) in [5.41, 5.74) is -1.41. The van der Waals surface area contributed by atoms with Crippen molar-refractivity contribution in [1.29, 1.82) is 0 Å². The molecule has 1 N–H and O–H groups in total. The van der Waals surface area contributed by atoms with Crippen molar-refractivity contribution in [3.8, 4) is 0 Å². The summed E-state index contributed by atoms with van der Waals surface area (Å²) in [5, 5.41) is 3.95. The van der Waals surface area contributed by atoms with E-state index in [-0.39, 0.29) is 5.41 Å². The zero-order valence-corrected chi connectivity index (χ0v) is 15.1. The number of nitrogens with zero attached hydrogens (tertiary/aromatic N) is 2. The fourth-order valence-electron chi connectivity index (χ4n) is 1.86. The van der Waals surface area contributed by atoms with Crippen molar-refractivity contribution >= 4 is 34.0 Å². The molecule has 0 aliphatic carbocycles. The van der Waals surface area contributed by atoms with Crippen molar-refractivity contribution in [3.05, 3.63) is 44.3 Å². The van der Waals surface area contributed by atoms with E-state index in [0.717, 1.165) is 5.69 Å². The Morgan fingerprint density at radius 3 is 2.52 bits per heavy atom. The highest BCUT2D eigenvalue weighted by Crippen LogP contribution is 2.30. The number of aromatic nitrogens is 2. The molecule has 0 unspecified atom stereocenters. The van der Waals surface area contributed by atoms with E-state index in [4.69, 9.17) is 11.6 Å². The minimum Gasteiger partial charge on any atom is -0.304 e. The Bertz CT molecular complexity index is 853. The summed E-state index contributed by atoms with van der Waals surface area (Å²) in [7, 11) is 0. The standard InChI is InChI=1S/C15H15ClF3N3O2S/c1-14(2,3)10-7-25-13(20-10)21-11(23)6-22-5-8(15(17,18)19)4-9(16)12(22)24/h4-5,7H,6H2,1-3H3,(H,20,21,23). The Balaban J connectivity index is 2.19. The molecule has 0 spiro atoms. The topological polar surface area (TPSA) is 64.0 Å². The molecule has 2 heterocycles. The van der Waals surface area contributed by atoms with E-state index >= 15 is 0 Å². The molecule has 0 saturated carbocycles. The molecule has 1 amide bonds. The number of hydrogen-bond acceptors (Lipinski definition) is 4. The average Bonchev–Trinajstić information content (AvgIpc) is 2.91. The third kappa shape index (κ3) is 4.82. The van der Waals surface area contributed by atoms with Gasteiger partial charge in [-0.15, -0.1) is 11.3 Å². The fraction of sp³-hybridized carbons (Fsp3) is 0.400. The number of hydrogen-bond donors (Lipinski definition) is 1. The predicted octanol–water partition coefficient (Wildman–Crippen LogP) is 3.91. The first kappa shape index (κ1) is 19.5. The van der Waals surface area contributed by atoms with Gasteiger partial charge in [-0.05, 0) is 6.07 Å². The van der Waals surface area contributed by atoms with Crippen LogP contribution in [-0.4, -0.2) is 15.5 Å². The highest BCUT2D eigenvalue weighted by molar-refractivity contribution is 7.13. The van der Waals surface area contributed by atoms with Crippen LogP contribution in [0.5, 0.6) is 0 Å². The summed E-state index contributed by atoms with van der Waals surface area (Å²) >= 11 is 6.74. The van der Waals surface area contributed by atoms with Gasteiger partial charge >= 0.3 is 6.18 Å². The third-order valence-corrected chi connectivity index (χ3v) is 4.23. The van der Waals surface area contributed by atoms with E-state index in [1.807, 2.05) is 20.8 Å². The number of halogens is 4. The number of nitrogens with one attached hydrogen (secondary N) is 1. The second-order valence-electron chi connectivity index (χ2n) is 6.34. The van der Waals surface area contributed by atoms with E-state index in [9.17, 15) is 22.8 Å². The van der Waals surface area contributed by atoms with Crippen LogP contribution < -0.4 is 10.9 Å². The molecule has 25 heavy (non-hydrogen) atoms. The Hall–Kier alpha value is -1.87. The van der Waals surface area contributed by atoms with Crippen LogP contribution in [0, 0.1) is 0 Å². The molecule has 0 saturated heterocycles. The molecule has 10 heteroatoms. The quantitative estimate of drug-likeness (QED) is 0.859. The Morgan fingerprint density at radius 1 is 1.36 bits per heavy atom. The van der Waals surface area contributed by atoms with Crippen LogP contribution in [0.4, 0.5) is 18.3 Å². The van der Waals surface area contributed by atoms with Gasteiger partial charge in [0.05, 0.1) is 11.3 Å². The maximum atomic E-state index is 12.8. The number of carbonyl (C=O) groups is 1. The number of anilines is 1. The SMILES string of the molecule is CC(C)(C)c1csc(NC(=O)Cn2cc(C(F)(F)F)cc(Cl)c2=O)n1. The van der Waals surface area contributed by atoms with E-state index in [2.05, 4.69) is 10.3 Å². The second-order valence-corrected chi connectivity index (χ2v) is 7.61. The van der Waals surface area contributed by atoms with Gasteiger partial charge in [-0.3, -0.25) is 9.59 Å². The van der Waals surface area contributed by atoms with E-state index < -0.39 is 34.8 Å². The van der Waals surface area contributed by atoms with Gasteiger partial charge in [0.2, 0.25) is 5.91 Å². The summed E-state index contributed by atoms with van der Waals surface area (Å²) in [5.74, 6) is -0.674. The first-order valence-corrected chi connectivity index (χ1v) is 8.37. The normalized spacial score (nSPS) is 12.3. The number of amides is 1.